The van der Waals surface area contributed by atoms with Gasteiger partial charge >= 0.3 is 0 Å². The number of carbonyl (C=O) groups is 1. The summed E-state index contributed by atoms with van der Waals surface area (Å²) in [6.07, 6.45) is 7.02. The van der Waals surface area contributed by atoms with Crippen molar-refractivity contribution >= 4 is 12.0 Å². The lowest BCUT2D eigenvalue weighted by atomic mass is 10.2. The van der Waals surface area contributed by atoms with Gasteiger partial charge in [0, 0.05) is 36.6 Å². The lowest BCUT2D eigenvalue weighted by molar-refractivity contribution is -0.117. The van der Waals surface area contributed by atoms with E-state index in [9.17, 15) is 4.79 Å². The van der Waals surface area contributed by atoms with Crippen molar-refractivity contribution in [2.75, 3.05) is 0 Å². The lowest BCUT2D eigenvalue weighted by Gasteiger charge is -2.09. The third-order valence-electron chi connectivity index (χ3n) is 3.64. The average Bonchev–Trinajstić information content (AvgIpc) is 3.11. The highest BCUT2D eigenvalue weighted by molar-refractivity contribution is 5.92. The number of aromatic nitrogens is 4. The van der Waals surface area contributed by atoms with Crippen LogP contribution in [0.5, 0.6) is 0 Å². The van der Waals surface area contributed by atoms with Gasteiger partial charge in [0.2, 0.25) is 5.91 Å². The highest BCUT2D eigenvalue weighted by Crippen LogP contribution is 2.11. The molecule has 0 bridgehead atoms. The summed E-state index contributed by atoms with van der Waals surface area (Å²) in [7, 11) is 0. The Hall–Kier alpha value is -2.37. The summed E-state index contributed by atoms with van der Waals surface area (Å²) in [6, 6.07) is 1.80. The smallest absolute Gasteiger partial charge is 0.244 e. The van der Waals surface area contributed by atoms with Gasteiger partial charge in [-0.05, 0) is 39.8 Å². The molecule has 2 aromatic heterocycles. The zero-order valence-electron chi connectivity index (χ0n) is 13.6. The van der Waals surface area contributed by atoms with Gasteiger partial charge in [-0.2, -0.15) is 10.2 Å². The van der Waals surface area contributed by atoms with Crippen LogP contribution in [-0.2, 0) is 17.9 Å². The van der Waals surface area contributed by atoms with E-state index in [4.69, 9.17) is 0 Å². The van der Waals surface area contributed by atoms with E-state index >= 15 is 0 Å². The maximum Gasteiger partial charge on any atom is 0.244 e. The molecule has 0 radical (unpaired) electrons. The number of hydrogen-bond acceptors (Lipinski definition) is 3. The van der Waals surface area contributed by atoms with Crippen LogP contribution in [0.15, 0.2) is 24.5 Å². The SMILES string of the molecule is CCn1ccc(C(C)NC(=O)/C=C/c2cnn(CC)c2C)n1. The van der Waals surface area contributed by atoms with Crippen LogP contribution in [0.3, 0.4) is 0 Å². The van der Waals surface area contributed by atoms with Gasteiger partial charge in [-0.15, -0.1) is 0 Å². The molecule has 0 saturated heterocycles. The first-order chi connectivity index (χ1) is 10.5. The molecule has 0 spiro atoms. The minimum Gasteiger partial charge on any atom is -0.344 e. The summed E-state index contributed by atoms with van der Waals surface area (Å²) in [5.41, 5.74) is 2.87. The molecule has 0 aromatic carbocycles. The van der Waals surface area contributed by atoms with E-state index in [1.807, 2.05) is 49.3 Å². The van der Waals surface area contributed by atoms with Gasteiger partial charge in [-0.3, -0.25) is 14.2 Å². The number of hydrogen-bond donors (Lipinski definition) is 1. The minimum atomic E-state index is -0.137. The molecule has 0 fully saturated rings. The molecular weight excluding hydrogens is 278 g/mol. The number of rotatable bonds is 6. The summed E-state index contributed by atoms with van der Waals surface area (Å²) in [5.74, 6) is -0.137. The highest BCUT2D eigenvalue weighted by atomic mass is 16.1. The highest BCUT2D eigenvalue weighted by Gasteiger charge is 2.10. The molecule has 0 aliphatic heterocycles. The van der Waals surface area contributed by atoms with E-state index in [2.05, 4.69) is 15.5 Å². The second kappa shape index (κ2) is 7.06. The standard InChI is InChI=1S/C16H23N5O/c1-5-20-10-9-15(19-20)12(3)18-16(22)8-7-14-11-17-21(6-2)13(14)4/h7-12H,5-6H2,1-4H3,(H,18,22)/b8-7+. The van der Waals surface area contributed by atoms with Gasteiger partial charge in [0.05, 0.1) is 17.9 Å². The Morgan fingerprint density at radius 3 is 2.77 bits per heavy atom. The van der Waals surface area contributed by atoms with E-state index in [-0.39, 0.29) is 11.9 Å². The Morgan fingerprint density at radius 2 is 2.18 bits per heavy atom. The van der Waals surface area contributed by atoms with Gasteiger partial charge in [-0.1, -0.05) is 0 Å². The van der Waals surface area contributed by atoms with Crippen LogP contribution in [0.4, 0.5) is 0 Å². The maximum atomic E-state index is 12.0. The molecule has 1 N–H and O–H groups in total. The van der Waals surface area contributed by atoms with Crippen LogP contribution < -0.4 is 5.32 Å². The van der Waals surface area contributed by atoms with Gasteiger partial charge < -0.3 is 5.32 Å². The maximum absolute atomic E-state index is 12.0. The lowest BCUT2D eigenvalue weighted by Crippen LogP contribution is -2.25. The molecule has 1 amide bonds. The van der Waals surface area contributed by atoms with Crippen molar-refractivity contribution in [3.05, 3.63) is 41.5 Å². The second-order valence-corrected chi connectivity index (χ2v) is 5.16. The quantitative estimate of drug-likeness (QED) is 0.833. The molecule has 6 nitrogen and oxygen atoms in total. The Balaban J connectivity index is 1.97. The number of nitrogens with one attached hydrogen (secondary N) is 1. The summed E-state index contributed by atoms with van der Waals surface area (Å²) in [6.45, 7) is 9.63. The monoisotopic (exact) mass is 301 g/mol. The first kappa shape index (κ1) is 16.0. The van der Waals surface area contributed by atoms with Crippen LogP contribution in [0, 0.1) is 6.92 Å². The van der Waals surface area contributed by atoms with Crippen LogP contribution in [0.25, 0.3) is 6.08 Å². The second-order valence-electron chi connectivity index (χ2n) is 5.16. The number of nitrogens with zero attached hydrogens (tertiary/aromatic N) is 4. The third kappa shape index (κ3) is 3.63. The zero-order valence-corrected chi connectivity index (χ0v) is 13.6. The van der Waals surface area contributed by atoms with E-state index < -0.39 is 0 Å². The molecule has 6 heteroatoms. The average molecular weight is 301 g/mol. The van der Waals surface area contributed by atoms with Gasteiger partial charge in [0.25, 0.3) is 0 Å². The molecule has 2 aromatic rings. The van der Waals surface area contributed by atoms with Gasteiger partial charge in [0.15, 0.2) is 0 Å². The van der Waals surface area contributed by atoms with E-state index in [0.29, 0.717) is 0 Å². The molecular formula is C16H23N5O. The molecule has 1 unspecified atom stereocenters. The molecule has 1 atom stereocenters. The molecule has 2 heterocycles. The van der Waals surface area contributed by atoms with Crippen molar-refractivity contribution < 1.29 is 4.79 Å². The summed E-state index contributed by atoms with van der Waals surface area (Å²) in [4.78, 5) is 12.0. The Labute approximate surface area is 130 Å². The Kier molecular flexibility index (Phi) is 5.14. The zero-order chi connectivity index (χ0) is 16.1. The van der Waals surface area contributed by atoms with Crippen molar-refractivity contribution in [3.63, 3.8) is 0 Å². The number of amides is 1. The van der Waals surface area contributed by atoms with Crippen LogP contribution in [0.1, 0.15) is 43.8 Å². The molecule has 22 heavy (non-hydrogen) atoms. The van der Waals surface area contributed by atoms with Crippen molar-refractivity contribution in [1.82, 2.24) is 24.9 Å². The molecule has 118 valence electrons. The van der Waals surface area contributed by atoms with Crippen LogP contribution in [0.2, 0.25) is 0 Å². The van der Waals surface area contributed by atoms with Crippen LogP contribution in [-0.4, -0.2) is 25.5 Å². The van der Waals surface area contributed by atoms with Crippen molar-refractivity contribution in [3.8, 4) is 0 Å². The molecule has 0 aliphatic carbocycles. The molecule has 0 saturated carbocycles. The van der Waals surface area contributed by atoms with E-state index in [0.717, 1.165) is 30.0 Å². The first-order valence-corrected chi connectivity index (χ1v) is 7.59. The van der Waals surface area contributed by atoms with E-state index in [1.54, 1.807) is 12.3 Å². The van der Waals surface area contributed by atoms with Crippen LogP contribution >= 0.6 is 0 Å². The fraction of sp³-hybridized carbons (Fsp3) is 0.438. The number of carbonyl (C=O) groups excluding carboxylic acids is 1. The third-order valence-corrected chi connectivity index (χ3v) is 3.64. The van der Waals surface area contributed by atoms with E-state index in [1.165, 1.54) is 6.08 Å². The fourth-order valence-corrected chi connectivity index (χ4v) is 2.23. The first-order valence-electron chi connectivity index (χ1n) is 7.59. The largest absolute Gasteiger partial charge is 0.344 e. The molecule has 2 rings (SSSR count). The normalized spacial score (nSPS) is 12.7. The molecule has 0 aliphatic rings. The number of aryl methyl sites for hydroxylation is 2. The predicted octanol–water partition coefficient (Wildman–Crippen LogP) is 2.32. The van der Waals surface area contributed by atoms with Crippen molar-refractivity contribution in [2.24, 2.45) is 0 Å². The Bertz CT molecular complexity index is 668. The van der Waals surface area contributed by atoms with Gasteiger partial charge in [-0.25, -0.2) is 0 Å². The minimum absolute atomic E-state index is 0.121. The van der Waals surface area contributed by atoms with Gasteiger partial charge in [0.1, 0.15) is 0 Å². The summed E-state index contributed by atoms with van der Waals surface area (Å²) in [5, 5.41) is 11.6. The summed E-state index contributed by atoms with van der Waals surface area (Å²) >= 11 is 0. The van der Waals surface area contributed by atoms with Crippen molar-refractivity contribution in [2.45, 2.75) is 46.8 Å². The summed E-state index contributed by atoms with van der Waals surface area (Å²) < 4.78 is 3.74. The topological polar surface area (TPSA) is 64.7 Å². The fourth-order valence-electron chi connectivity index (χ4n) is 2.23. The van der Waals surface area contributed by atoms with Crippen molar-refractivity contribution in [1.29, 1.82) is 0 Å². The Morgan fingerprint density at radius 1 is 1.41 bits per heavy atom. The predicted molar refractivity (Wildman–Crippen MR) is 86.1 cm³/mol.